The lowest BCUT2D eigenvalue weighted by Gasteiger charge is -2.47. The van der Waals surface area contributed by atoms with E-state index in [1.807, 2.05) is 12.4 Å². The van der Waals surface area contributed by atoms with Crippen LogP contribution in [-0.4, -0.2) is 83.3 Å². The van der Waals surface area contributed by atoms with Gasteiger partial charge in [-0.15, -0.1) is 0 Å². The summed E-state index contributed by atoms with van der Waals surface area (Å²) in [4.78, 5) is 12.0. The van der Waals surface area contributed by atoms with E-state index in [-0.39, 0.29) is 6.61 Å². The average Bonchev–Trinajstić information content (AvgIpc) is 2.70. The van der Waals surface area contributed by atoms with Gasteiger partial charge in [0.2, 0.25) is 0 Å². The highest BCUT2D eigenvalue weighted by atomic mass is 16.3. The highest BCUT2D eigenvalue weighted by Gasteiger charge is 2.33. The van der Waals surface area contributed by atoms with E-state index in [2.05, 4.69) is 51.0 Å². The van der Waals surface area contributed by atoms with E-state index >= 15 is 0 Å². The average molecular weight is 369 g/mol. The molecular weight excluding hydrogens is 336 g/mol. The summed E-state index contributed by atoms with van der Waals surface area (Å²) in [5.41, 5.74) is 1.38. The standard InChI is InChI=1S/C22H32N4O/c1-24-10-6-20(7-11-24)26-13-12-25(17-21(26)8-14-27)16-19-4-2-3-18-15-23-9-5-22(18)19/h2-5,9,15,20-21,27H,6-8,10-14,16-17H2,1H3/t21-/m1/s1. The van der Waals surface area contributed by atoms with Gasteiger partial charge in [0.25, 0.3) is 0 Å². The van der Waals surface area contributed by atoms with Crippen molar-refractivity contribution in [3.05, 3.63) is 42.2 Å². The molecule has 2 aliphatic rings. The molecule has 2 aromatic rings. The monoisotopic (exact) mass is 368 g/mol. The quantitative estimate of drug-likeness (QED) is 0.876. The van der Waals surface area contributed by atoms with Crippen molar-refractivity contribution in [2.75, 3.05) is 46.4 Å². The third-order valence-electron chi connectivity index (χ3n) is 6.40. The molecule has 0 radical (unpaired) electrons. The molecule has 0 bridgehead atoms. The minimum absolute atomic E-state index is 0.279. The zero-order valence-electron chi connectivity index (χ0n) is 16.4. The van der Waals surface area contributed by atoms with Gasteiger partial charge in [-0.25, -0.2) is 0 Å². The number of aliphatic hydroxyl groups is 1. The van der Waals surface area contributed by atoms with Gasteiger partial charge in [-0.3, -0.25) is 14.8 Å². The fraction of sp³-hybridized carbons (Fsp3) is 0.591. The van der Waals surface area contributed by atoms with Crippen LogP contribution in [0.4, 0.5) is 0 Å². The summed E-state index contributed by atoms with van der Waals surface area (Å²) < 4.78 is 0. The highest BCUT2D eigenvalue weighted by Crippen LogP contribution is 2.25. The predicted molar refractivity (Wildman–Crippen MR) is 110 cm³/mol. The number of hydrogen-bond donors (Lipinski definition) is 1. The number of piperidine rings is 1. The third kappa shape index (κ3) is 4.32. The van der Waals surface area contributed by atoms with Crippen molar-refractivity contribution in [2.24, 2.45) is 0 Å². The van der Waals surface area contributed by atoms with Crippen LogP contribution < -0.4 is 0 Å². The molecule has 5 nitrogen and oxygen atoms in total. The summed E-state index contributed by atoms with van der Waals surface area (Å²) in [5, 5.41) is 12.2. The molecular formula is C22H32N4O. The van der Waals surface area contributed by atoms with Gasteiger partial charge < -0.3 is 10.0 Å². The Bertz CT molecular complexity index is 739. The zero-order valence-corrected chi connectivity index (χ0v) is 16.4. The molecule has 1 aromatic heterocycles. The number of pyridine rings is 1. The lowest BCUT2D eigenvalue weighted by atomic mass is 9.98. The van der Waals surface area contributed by atoms with Crippen LogP contribution in [0.2, 0.25) is 0 Å². The number of fused-ring (bicyclic) bond motifs is 1. The first kappa shape index (κ1) is 18.8. The fourth-order valence-electron chi connectivity index (χ4n) is 4.86. The van der Waals surface area contributed by atoms with Gasteiger partial charge in [-0.1, -0.05) is 18.2 Å². The van der Waals surface area contributed by atoms with Gasteiger partial charge in [0.15, 0.2) is 0 Å². The minimum Gasteiger partial charge on any atom is -0.396 e. The minimum atomic E-state index is 0.279. The molecule has 1 atom stereocenters. The lowest BCUT2D eigenvalue weighted by molar-refractivity contribution is 0.00611. The maximum atomic E-state index is 9.63. The molecule has 0 amide bonds. The van der Waals surface area contributed by atoms with Crippen LogP contribution in [-0.2, 0) is 6.54 Å². The number of hydrogen-bond acceptors (Lipinski definition) is 5. The summed E-state index contributed by atoms with van der Waals surface area (Å²) in [6, 6.07) is 9.80. The van der Waals surface area contributed by atoms with E-state index in [0.717, 1.165) is 32.6 Å². The molecule has 2 saturated heterocycles. The molecule has 5 heteroatoms. The number of nitrogens with zero attached hydrogens (tertiary/aromatic N) is 4. The van der Waals surface area contributed by atoms with Crippen molar-refractivity contribution < 1.29 is 5.11 Å². The van der Waals surface area contributed by atoms with E-state index in [9.17, 15) is 5.11 Å². The van der Waals surface area contributed by atoms with Crippen LogP contribution in [0, 0.1) is 0 Å². The Hall–Kier alpha value is -1.53. The molecule has 2 fully saturated rings. The predicted octanol–water partition coefficient (Wildman–Crippen LogP) is 2.20. The zero-order chi connectivity index (χ0) is 18.6. The topological polar surface area (TPSA) is 42.8 Å². The SMILES string of the molecule is CN1CCC(N2CCN(Cc3cccc4cnccc34)C[C@H]2CCO)CC1. The third-order valence-corrected chi connectivity index (χ3v) is 6.40. The summed E-state index contributed by atoms with van der Waals surface area (Å²) >= 11 is 0. The Kier molecular flexibility index (Phi) is 6.03. The number of rotatable bonds is 5. The van der Waals surface area contributed by atoms with Crippen LogP contribution in [0.1, 0.15) is 24.8 Å². The van der Waals surface area contributed by atoms with E-state index < -0.39 is 0 Å². The smallest absolute Gasteiger partial charge is 0.0446 e. The van der Waals surface area contributed by atoms with Crippen LogP contribution in [0.5, 0.6) is 0 Å². The highest BCUT2D eigenvalue weighted by molar-refractivity contribution is 5.84. The van der Waals surface area contributed by atoms with E-state index in [1.165, 1.54) is 42.3 Å². The molecule has 0 aliphatic carbocycles. The molecule has 0 unspecified atom stereocenters. The van der Waals surface area contributed by atoms with Crippen LogP contribution in [0.15, 0.2) is 36.7 Å². The summed E-state index contributed by atoms with van der Waals surface area (Å²) in [7, 11) is 2.22. The number of likely N-dealkylation sites (tertiary alicyclic amines) is 1. The van der Waals surface area contributed by atoms with Gasteiger partial charge in [-0.05, 0) is 56.4 Å². The second-order valence-electron chi connectivity index (χ2n) is 8.19. The molecule has 0 spiro atoms. The Balaban J connectivity index is 1.45. The van der Waals surface area contributed by atoms with Crippen molar-refractivity contribution in [1.29, 1.82) is 0 Å². The lowest BCUT2D eigenvalue weighted by Crippen LogP contribution is -2.58. The maximum absolute atomic E-state index is 9.63. The molecule has 1 aromatic carbocycles. The van der Waals surface area contributed by atoms with Crippen molar-refractivity contribution >= 4 is 10.8 Å². The maximum Gasteiger partial charge on any atom is 0.0446 e. The first-order valence-electron chi connectivity index (χ1n) is 10.3. The molecule has 0 saturated carbocycles. The van der Waals surface area contributed by atoms with Crippen LogP contribution >= 0.6 is 0 Å². The second kappa shape index (κ2) is 8.65. The Morgan fingerprint density at radius 3 is 2.78 bits per heavy atom. The van der Waals surface area contributed by atoms with Crippen molar-refractivity contribution in [2.45, 2.75) is 37.9 Å². The first-order valence-corrected chi connectivity index (χ1v) is 10.3. The molecule has 27 heavy (non-hydrogen) atoms. The summed E-state index contributed by atoms with van der Waals surface area (Å²) in [6.45, 7) is 6.92. The molecule has 3 heterocycles. The van der Waals surface area contributed by atoms with E-state index in [1.54, 1.807) is 0 Å². The Morgan fingerprint density at radius 1 is 1.11 bits per heavy atom. The van der Waals surface area contributed by atoms with Crippen molar-refractivity contribution in [3.63, 3.8) is 0 Å². The molecule has 146 valence electrons. The molecule has 4 rings (SSSR count). The number of aromatic nitrogens is 1. The van der Waals surface area contributed by atoms with Gasteiger partial charge >= 0.3 is 0 Å². The van der Waals surface area contributed by atoms with Gasteiger partial charge in [-0.2, -0.15) is 0 Å². The van der Waals surface area contributed by atoms with Crippen molar-refractivity contribution in [3.8, 4) is 0 Å². The number of benzene rings is 1. The summed E-state index contributed by atoms with van der Waals surface area (Å²) in [5.74, 6) is 0. The molecule has 1 N–H and O–H groups in total. The molecule has 2 aliphatic heterocycles. The Morgan fingerprint density at radius 2 is 1.96 bits per heavy atom. The van der Waals surface area contributed by atoms with Crippen molar-refractivity contribution in [1.82, 2.24) is 19.7 Å². The summed E-state index contributed by atoms with van der Waals surface area (Å²) in [6.07, 6.45) is 7.23. The van der Waals surface area contributed by atoms with E-state index in [0.29, 0.717) is 12.1 Å². The van der Waals surface area contributed by atoms with Crippen LogP contribution in [0.3, 0.4) is 0 Å². The number of piperazine rings is 1. The van der Waals surface area contributed by atoms with Gasteiger partial charge in [0.05, 0.1) is 0 Å². The first-order chi connectivity index (χ1) is 13.2. The van der Waals surface area contributed by atoms with Gasteiger partial charge in [0, 0.05) is 62.6 Å². The normalized spacial score (nSPS) is 23.9. The van der Waals surface area contributed by atoms with Gasteiger partial charge in [0.1, 0.15) is 0 Å². The number of aliphatic hydroxyl groups excluding tert-OH is 1. The second-order valence-corrected chi connectivity index (χ2v) is 8.19. The largest absolute Gasteiger partial charge is 0.396 e. The van der Waals surface area contributed by atoms with E-state index in [4.69, 9.17) is 0 Å². The Labute approximate surface area is 162 Å². The fourth-order valence-corrected chi connectivity index (χ4v) is 4.86. The van der Waals surface area contributed by atoms with Crippen LogP contribution in [0.25, 0.3) is 10.8 Å².